The minimum absolute atomic E-state index is 0.00754. The number of rotatable bonds is 4. The molecule has 5 nitrogen and oxygen atoms in total. The van der Waals surface area contributed by atoms with Crippen LogP contribution in [0.4, 0.5) is 4.39 Å². The van der Waals surface area contributed by atoms with Crippen molar-refractivity contribution in [1.82, 2.24) is 15.1 Å². The smallest absolute Gasteiger partial charge is 0.230 e. The predicted octanol–water partition coefficient (Wildman–Crippen LogP) is 4.20. The third-order valence-electron chi connectivity index (χ3n) is 4.12. The molecule has 0 N–H and O–H groups in total. The van der Waals surface area contributed by atoms with Crippen molar-refractivity contribution in [1.29, 1.82) is 0 Å². The van der Waals surface area contributed by atoms with Gasteiger partial charge in [0.25, 0.3) is 0 Å². The molecule has 0 aliphatic heterocycles. The van der Waals surface area contributed by atoms with Crippen LogP contribution < -0.4 is 4.74 Å². The van der Waals surface area contributed by atoms with Crippen molar-refractivity contribution in [2.75, 3.05) is 7.11 Å². The van der Waals surface area contributed by atoms with Crippen molar-refractivity contribution >= 4 is 11.6 Å². The van der Waals surface area contributed by atoms with Gasteiger partial charge in [0.15, 0.2) is 0 Å². The molecule has 0 bridgehead atoms. The van der Waals surface area contributed by atoms with E-state index in [9.17, 15) is 4.39 Å². The highest BCUT2D eigenvalue weighted by Crippen LogP contribution is 2.56. The van der Waals surface area contributed by atoms with Gasteiger partial charge in [0.05, 0.1) is 7.11 Å². The number of hydrogen-bond donors (Lipinski definition) is 0. The fourth-order valence-corrected chi connectivity index (χ4v) is 3.09. The molecule has 2 atom stereocenters. The van der Waals surface area contributed by atoms with Crippen LogP contribution in [0.1, 0.15) is 29.7 Å². The summed E-state index contributed by atoms with van der Waals surface area (Å²) in [6.07, 6.45) is 2.36. The highest BCUT2D eigenvalue weighted by atomic mass is 35.5. The van der Waals surface area contributed by atoms with Crippen LogP contribution in [0.3, 0.4) is 0 Å². The van der Waals surface area contributed by atoms with Crippen molar-refractivity contribution < 1.29 is 13.7 Å². The van der Waals surface area contributed by atoms with Crippen LogP contribution >= 0.6 is 11.6 Å². The van der Waals surface area contributed by atoms with Crippen molar-refractivity contribution in [3.05, 3.63) is 58.8 Å². The Labute approximate surface area is 142 Å². The van der Waals surface area contributed by atoms with Crippen LogP contribution in [0, 0.1) is 5.82 Å². The second-order valence-electron chi connectivity index (χ2n) is 5.63. The maximum atomic E-state index is 14.0. The SMILES string of the molecule is COc1ccc(-c2noc(C3CC3c3c(F)cccc3Cl)n2)cn1. The molecule has 0 spiro atoms. The quantitative estimate of drug-likeness (QED) is 0.709. The lowest BCUT2D eigenvalue weighted by molar-refractivity contribution is 0.378. The molecule has 1 aliphatic carbocycles. The average Bonchev–Trinajstić information content (AvgIpc) is 3.21. The largest absolute Gasteiger partial charge is 0.481 e. The van der Waals surface area contributed by atoms with Crippen molar-refractivity contribution in [3.63, 3.8) is 0 Å². The lowest BCUT2D eigenvalue weighted by atomic mass is 10.1. The Balaban J connectivity index is 1.56. The Bertz CT molecular complexity index is 862. The Hall–Kier alpha value is -2.47. The number of benzene rings is 1. The number of methoxy groups -OCH3 is 1. The van der Waals surface area contributed by atoms with Gasteiger partial charge < -0.3 is 9.26 Å². The van der Waals surface area contributed by atoms with Crippen LogP contribution in [0.25, 0.3) is 11.4 Å². The summed E-state index contributed by atoms with van der Waals surface area (Å²) in [4.78, 5) is 8.53. The number of ether oxygens (including phenoxy) is 1. The van der Waals surface area contributed by atoms with Crippen LogP contribution in [0.15, 0.2) is 41.1 Å². The van der Waals surface area contributed by atoms with Crippen LogP contribution in [-0.2, 0) is 0 Å². The van der Waals surface area contributed by atoms with Crippen LogP contribution in [0.2, 0.25) is 5.02 Å². The monoisotopic (exact) mass is 345 g/mol. The van der Waals surface area contributed by atoms with E-state index in [0.29, 0.717) is 28.2 Å². The van der Waals surface area contributed by atoms with Crippen molar-refractivity contribution in [3.8, 4) is 17.3 Å². The second-order valence-corrected chi connectivity index (χ2v) is 6.04. The standard InChI is InChI=1S/C17H13ClFN3O2/c1-23-14-6-5-9(8-20-14)16-21-17(24-22-16)11-7-10(11)15-12(18)3-2-4-13(15)19/h2-6,8,10-11H,7H2,1H3. The highest BCUT2D eigenvalue weighted by Gasteiger charge is 2.46. The summed E-state index contributed by atoms with van der Waals surface area (Å²) in [6, 6.07) is 8.24. The lowest BCUT2D eigenvalue weighted by Gasteiger charge is -2.03. The molecule has 3 aromatic rings. The molecule has 2 unspecified atom stereocenters. The van der Waals surface area contributed by atoms with E-state index in [1.54, 1.807) is 37.6 Å². The molecule has 2 aromatic heterocycles. The van der Waals surface area contributed by atoms with Gasteiger partial charge in [-0.1, -0.05) is 22.8 Å². The summed E-state index contributed by atoms with van der Waals surface area (Å²) >= 11 is 6.12. The molecule has 1 aliphatic rings. The molecule has 7 heteroatoms. The third-order valence-corrected chi connectivity index (χ3v) is 4.45. The molecule has 2 heterocycles. The van der Waals surface area contributed by atoms with E-state index in [4.69, 9.17) is 20.9 Å². The Kier molecular flexibility index (Phi) is 3.69. The summed E-state index contributed by atoms with van der Waals surface area (Å²) in [6.45, 7) is 0. The Morgan fingerprint density at radius 3 is 2.83 bits per heavy atom. The molecule has 1 aromatic carbocycles. The van der Waals surface area contributed by atoms with E-state index in [0.717, 1.165) is 12.0 Å². The van der Waals surface area contributed by atoms with Gasteiger partial charge in [0.2, 0.25) is 17.6 Å². The topological polar surface area (TPSA) is 61.0 Å². The number of halogens is 2. The average molecular weight is 346 g/mol. The summed E-state index contributed by atoms with van der Waals surface area (Å²) in [5, 5.41) is 4.41. The van der Waals surface area contributed by atoms with Gasteiger partial charge in [-0.15, -0.1) is 0 Å². The van der Waals surface area contributed by atoms with Gasteiger partial charge in [-0.05, 0) is 24.6 Å². The van der Waals surface area contributed by atoms with E-state index < -0.39 is 0 Å². The third kappa shape index (κ3) is 2.63. The molecule has 4 rings (SSSR count). The maximum absolute atomic E-state index is 14.0. The number of aromatic nitrogens is 3. The molecule has 0 amide bonds. The fourth-order valence-electron chi connectivity index (χ4n) is 2.79. The molecule has 0 saturated heterocycles. The Morgan fingerprint density at radius 1 is 1.25 bits per heavy atom. The van der Waals surface area contributed by atoms with Gasteiger partial charge in [0, 0.05) is 40.2 Å². The minimum Gasteiger partial charge on any atom is -0.481 e. The molecular formula is C17H13ClFN3O2. The second kappa shape index (κ2) is 5.87. The first-order chi connectivity index (χ1) is 11.7. The van der Waals surface area contributed by atoms with E-state index in [1.165, 1.54) is 6.07 Å². The van der Waals surface area contributed by atoms with Crippen molar-refractivity contribution in [2.24, 2.45) is 0 Å². The van der Waals surface area contributed by atoms with Crippen LogP contribution in [-0.4, -0.2) is 22.2 Å². The molecular weight excluding hydrogens is 333 g/mol. The molecule has 1 saturated carbocycles. The van der Waals surface area contributed by atoms with E-state index in [1.807, 2.05) is 0 Å². The number of hydrogen-bond acceptors (Lipinski definition) is 5. The van der Waals surface area contributed by atoms with E-state index >= 15 is 0 Å². The summed E-state index contributed by atoms with van der Waals surface area (Å²) < 4.78 is 24.4. The zero-order valence-electron chi connectivity index (χ0n) is 12.7. The summed E-state index contributed by atoms with van der Waals surface area (Å²) in [7, 11) is 1.55. The van der Waals surface area contributed by atoms with Gasteiger partial charge in [-0.2, -0.15) is 4.98 Å². The first-order valence-corrected chi connectivity index (χ1v) is 7.83. The maximum Gasteiger partial charge on any atom is 0.230 e. The molecule has 0 radical (unpaired) electrons. The predicted molar refractivity (Wildman–Crippen MR) is 85.6 cm³/mol. The number of nitrogens with zero attached hydrogens (tertiary/aromatic N) is 3. The van der Waals surface area contributed by atoms with Gasteiger partial charge in [0.1, 0.15) is 5.82 Å². The number of pyridine rings is 1. The van der Waals surface area contributed by atoms with E-state index in [2.05, 4.69) is 15.1 Å². The molecule has 24 heavy (non-hydrogen) atoms. The minimum atomic E-state index is -0.297. The zero-order chi connectivity index (χ0) is 16.7. The Morgan fingerprint density at radius 2 is 2.12 bits per heavy atom. The van der Waals surface area contributed by atoms with Gasteiger partial charge in [-0.3, -0.25) is 0 Å². The van der Waals surface area contributed by atoms with E-state index in [-0.39, 0.29) is 17.7 Å². The fraction of sp³-hybridized carbons (Fsp3) is 0.235. The van der Waals surface area contributed by atoms with Crippen molar-refractivity contribution in [2.45, 2.75) is 18.3 Å². The first kappa shape index (κ1) is 15.1. The lowest BCUT2D eigenvalue weighted by Crippen LogP contribution is -1.91. The molecule has 122 valence electrons. The zero-order valence-corrected chi connectivity index (χ0v) is 13.5. The summed E-state index contributed by atoms with van der Waals surface area (Å²) in [5.41, 5.74) is 1.25. The van der Waals surface area contributed by atoms with Crippen LogP contribution in [0.5, 0.6) is 5.88 Å². The summed E-state index contributed by atoms with van der Waals surface area (Å²) in [5.74, 6) is 1.12. The van der Waals surface area contributed by atoms with Gasteiger partial charge >= 0.3 is 0 Å². The van der Waals surface area contributed by atoms with Gasteiger partial charge in [-0.25, -0.2) is 9.37 Å². The molecule has 1 fully saturated rings. The normalized spacial score (nSPS) is 19.3. The highest BCUT2D eigenvalue weighted by molar-refractivity contribution is 6.31. The first-order valence-electron chi connectivity index (χ1n) is 7.45.